The lowest BCUT2D eigenvalue weighted by molar-refractivity contribution is -0.129. The van der Waals surface area contributed by atoms with E-state index in [2.05, 4.69) is 53.3 Å². The average Bonchev–Trinajstić information content (AvgIpc) is 3.37. The fourth-order valence-corrected chi connectivity index (χ4v) is 6.70. The van der Waals surface area contributed by atoms with Gasteiger partial charge in [0, 0.05) is 68.0 Å². The highest BCUT2D eigenvalue weighted by Crippen LogP contribution is 2.50. The second-order valence-corrected chi connectivity index (χ2v) is 11.9. The van der Waals surface area contributed by atoms with E-state index in [4.69, 9.17) is 9.51 Å². The summed E-state index contributed by atoms with van der Waals surface area (Å²) in [5.41, 5.74) is 2.13. The first-order chi connectivity index (χ1) is 18.3. The van der Waals surface area contributed by atoms with Crippen LogP contribution < -0.4 is 0 Å². The van der Waals surface area contributed by atoms with E-state index in [-0.39, 0.29) is 17.2 Å². The fraction of sp³-hybridized carbons (Fsp3) is 0.533. The molecule has 38 heavy (non-hydrogen) atoms. The third kappa shape index (κ3) is 4.24. The van der Waals surface area contributed by atoms with E-state index in [1.807, 2.05) is 11.0 Å². The van der Waals surface area contributed by atoms with Crippen molar-refractivity contribution in [1.82, 2.24) is 24.9 Å². The van der Waals surface area contributed by atoms with Gasteiger partial charge in [-0.3, -0.25) is 9.78 Å². The van der Waals surface area contributed by atoms with Crippen LogP contribution in [0, 0.1) is 5.41 Å². The summed E-state index contributed by atoms with van der Waals surface area (Å²) in [7, 11) is 2.08. The van der Waals surface area contributed by atoms with Crippen LogP contribution in [0.2, 0.25) is 0 Å². The van der Waals surface area contributed by atoms with Crippen LogP contribution in [0.15, 0.2) is 47.2 Å². The summed E-state index contributed by atoms with van der Waals surface area (Å²) in [5, 5.41) is 16.8. The molecule has 1 atom stereocenters. The Hall–Kier alpha value is -3.10. The Balaban J connectivity index is 1.30. The molecular weight excluding hydrogens is 478 g/mol. The van der Waals surface area contributed by atoms with Crippen LogP contribution in [-0.2, 0) is 10.4 Å². The largest absolute Gasteiger partial charge is 0.380 e. The number of aromatic nitrogens is 3. The summed E-state index contributed by atoms with van der Waals surface area (Å²) >= 11 is 0. The number of pyridine rings is 1. The molecule has 3 aliphatic rings. The molecule has 0 bridgehead atoms. The summed E-state index contributed by atoms with van der Waals surface area (Å²) in [5.74, 6) is 1.97. The molecule has 1 saturated carbocycles. The number of rotatable bonds is 6. The number of carbonyl (C=O) groups excluding carboxylic acids is 1. The maximum atomic E-state index is 12.5. The van der Waals surface area contributed by atoms with Gasteiger partial charge >= 0.3 is 0 Å². The van der Waals surface area contributed by atoms with Gasteiger partial charge in [-0.1, -0.05) is 42.8 Å². The van der Waals surface area contributed by atoms with Gasteiger partial charge in [-0.05, 0) is 55.8 Å². The summed E-state index contributed by atoms with van der Waals surface area (Å²) < 4.78 is 5.67. The van der Waals surface area contributed by atoms with Crippen molar-refractivity contribution in [2.24, 2.45) is 5.41 Å². The molecule has 0 spiro atoms. The zero-order valence-electron chi connectivity index (χ0n) is 22.6. The first kappa shape index (κ1) is 25.2. The van der Waals surface area contributed by atoms with Gasteiger partial charge in [0.15, 0.2) is 0 Å². The average molecular weight is 516 g/mol. The highest BCUT2D eigenvalue weighted by atomic mass is 16.5. The maximum absolute atomic E-state index is 12.5. The number of hydrogen-bond donors (Lipinski definition) is 1. The van der Waals surface area contributed by atoms with Crippen LogP contribution in [0.5, 0.6) is 0 Å². The molecule has 8 heteroatoms. The predicted octanol–water partition coefficient (Wildman–Crippen LogP) is 4.31. The molecule has 0 unspecified atom stereocenters. The molecule has 1 N–H and O–H groups in total. The Morgan fingerprint density at radius 1 is 1.05 bits per heavy atom. The summed E-state index contributed by atoms with van der Waals surface area (Å²) in [6.45, 7) is 6.73. The molecule has 1 aliphatic carbocycles. The lowest BCUT2D eigenvalue weighted by Gasteiger charge is -2.55. The summed E-state index contributed by atoms with van der Waals surface area (Å²) in [6.07, 6.45) is 8.91. The van der Waals surface area contributed by atoms with E-state index in [0.29, 0.717) is 30.7 Å². The van der Waals surface area contributed by atoms with E-state index < -0.39 is 5.60 Å². The van der Waals surface area contributed by atoms with E-state index >= 15 is 0 Å². The normalized spacial score (nSPS) is 21.9. The van der Waals surface area contributed by atoms with E-state index in [0.717, 1.165) is 42.6 Å². The summed E-state index contributed by atoms with van der Waals surface area (Å²) in [4.78, 5) is 25.0. The van der Waals surface area contributed by atoms with Gasteiger partial charge in [-0.15, -0.1) is 0 Å². The Kier molecular flexibility index (Phi) is 6.35. The van der Waals surface area contributed by atoms with Crippen molar-refractivity contribution in [2.45, 2.75) is 63.4 Å². The third-order valence-corrected chi connectivity index (χ3v) is 9.16. The highest BCUT2D eigenvalue weighted by Gasteiger charge is 2.55. The number of likely N-dealkylation sites (tertiary alicyclic amines) is 2. The molecule has 2 aliphatic heterocycles. The zero-order chi connectivity index (χ0) is 26.5. The minimum atomic E-state index is -1.22. The molecule has 1 amide bonds. The Morgan fingerprint density at radius 2 is 1.76 bits per heavy atom. The Bertz CT molecular complexity index is 1300. The number of benzene rings is 1. The van der Waals surface area contributed by atoms with Crippen molar-refractivity contribution in [3.05, 3.63) is 65.3 Å². The first-order valence-corrected chi connectivity index (χ1v) is 13.8. The van der Waals surface area contributed by atoms with Crippen molar-refractivity contribution in [3.8, 4) is 11.4 Å². The lowest BCUT2D eigenvalue weighted by Crippen LogP contribution is -2.63. The molecule has 4 heterocycles. The van der Waals surface area contributed by atoms with Gasteiger partial charge in [0.05, 0.1) is 0 Å². The number of nitrogens with zero attached hydrogens (tertiary/aromatic N) is 5. The van der Waals surface area contributed by atoms with E-state index in [1.165, 1.54) is 24.8 Å². The molecule has 2 saturated heterocycles. The summed E-state index contributed by atoms with van der Waals surface area (Å²) in [6, 6.07) is 10.5. The SMILES string of the molecule is CC(=O)N1CCC(c2nc(-c3cncc([C@@](O)(c4ccc(C5CCC5)cc4)C4(C)CN(C)C4)c3)no2)CC1. The quantitative estimate of drug-likeness (QED) is 0.523. The molecule has 3 aromatic rings. The topological polar surface area (TPSA) is 95.6 Å². The number of aliphatic hydroxyl groups is 1. The molecule has 1 aromatic carbocycles. The van der Waals surface area contributed by atoms with Gasteiger partial charge in [-0.25, -0.2) is 0 Å². The smallest absolute Gasteiger partial charge is 0.230 e. The Morgan fingerprint density at radius 3 is 2.37 bits per heavy atom. The molecule has 8 nitrogen and oxygen atoms in total. The van der Waals surface area contributed by atoms with Gasteiger partial charge in [0.1, 0.15) is 5.60 Å². The molecule has 2 aromatic heterocycles. The minimum absolute atomic E-state index is 0.106. The first-order valence-electron chi connectivity index (χ1n) is 13.8. The zero-order valence-corrected chi connectivity index (χ0v) is 22.6. The molecule has 3 fully saturated rings. The number of carbonyl (C=O) groups is 1. The van der Waals surface area contributed by atoms with E-state index in [1.54, 1.807) is 19.3 Å². The predicted molar refractivity (Wildman–Crippen MR) is 143 cm³/mol. The van der Waals surface area contributed by atoms with Crippen LogP contribution in [0.1, 0.15) is 80.4 Å². The van der Waals surface area contributed by atoms with Crippen molar-refractivity contribution < 1.29 is 14.4 Å². The Labute approximate surface area is 224 Å². The van der Waals surface area contributed by atoms with Gasteiger partial charge in [0.2, 0.25) is 17.6 Å². The van der Waals surface area contributed by atoms with Crippen molar-refractivity contribution >= 4 is 5.91 Å². The molecule has 200 valence electrons. The van der Waals surface area contributed by atoms with Crippen LogP contribution >= 0.6 is 0 Å². The number of piperidine rings is 1. The fourth-order valence-electron chi connectivity index (χ4n) is 6.70. The van der Waals surface area contributed by atoms with Crippen LogP contribution in [0.25, 0.3) is 11.4 Å². The molecule has 0 radical (unpaired) electrons. The number of hydrogen-bond acceptors (Lipinski definition) is 7. The second kappa shape index (κ2) is 9.58. The second-order valence-electron chi connectivity index (χ2n) is 11.9. The van der Waals surface area contributed by atoms with Crippen molar-refractivity contribution in [1.29, 1.82) is 0 Å². The van der Waals surface area contributed by atoms with E-state index in [9.17, 15) is 9.90 Å². The molecular formula is C30H37N5O3. The van der Waals surface area contributed by atoms with Gasteiger partial charge in [-0.2, -0.15) is 4.98 Å². The van der Waals surface area contributed by atoms with Gasteiger partial charge in [0.25, 0.3) is 0 Å². The highest BCUT2D eigenvalue weighted by molar-refractivity contribution is 5.73. The minimum Gasteiger partial charge on any atom is -0.380 e. The lowest BCUT2D eigenvalue weighted by atomic mass is 9.62. The van der Waals surface area contributed by atoms with Crippen molar-refractivity contribution in [3.63, 3.8) is 0 Å². The van der Waals surface area contributed by atoms with Gasteiger partial charge < -0.3 is 19.4 Å². The van der Waals surface area contributed by atoms with Crippen molar-refractivity contribution in [2.75, 3.05) is 33.2 Å². The number of amides is 1. The monoisotopic (exact) mass is 515 g/mol. The van der Waals surface area contributed by atoms with Crippen LogP contribution in [-0.4, -0.2) is 69.2 Å². The standard InChI is InChI=1S/C30H37N5O3/c1-20(36)35-13-11-23(12-14-35)28-32-27(33-38-28)24-15-26(17-31-16-24)30(37,29(2)18-34(3)19-29)25-9-7-22(8-10-25)21-5-4-6-21/h7-10,15-17,21,23,37H,4-6,11-14,18-19H2,1-3H3/t30-/m0/s1. The maximum Gasteiger partial charge on any atom is 0.230 e. The molecule has 6 rings (SSSR count). The van der Waals surface area contributed by atoms with Crippen LogP contribution in [0.3, 0.4) is 0 Å². The van der Waals surface area contributed by atoms with Crippen LogP contribution in [0.4, 0.5) is 0 Å². The third-order valence-electron chi connectivity index (χ3n) is 9.16.